The number of carbonyl (C=O) groups excluding carboxylic acids is 3. The highest BCUT2D eigenvalue weighted by molar-refractivity contribution is 5.71. The van der Waals surface area contributed by atoms with E-state index in [1.54, 1.807) is 0 Å². The molecule has 0 aliphatic heterocycles. The lowest BCUT2D eigenvalue weighted by atomic mass is 9.99. The van der Waals surface area contributed by atoms with Crippen molar-refractivity contribution in [3.63, 3.8) is 0 Å². The van der Waals surface area contributed by atoms with Crippen molar-refractivity contribution < 1.29 is 28.6 Å². The van der Waals surface area contributed by atoms with Crippen molar-refractivity contribution in [2.75, 3.05) is 13.2 Å². The second kappa shape index (κ2) is 51.8. The Morgan fingerprint density at radius 3 is 0.877 bits per heavy atom. The van der Waals surface area contributed by atoms with Gasteiger partial charge in [-0.3, -0.25) is 14.4 Å². The Balaban J connectivity index is 4.26. The summed E-state index contributed by atoms with van der Waals surface area (Å²) in [6.45, 7) is 11.4. The lowest BCUT2D eigenvalue weighted by molar-refractivity contribution is -0.167. The fourth-order valence-corrected chi connectivity index (χ4v) is 9.02. The first-order valence-corrected chi connectivity index (χ1v) is 29.3. The maximum atomic E-state index is 12.9. The lowest BCUT2D eigenvalue weighted by Gasteiger charge is -2.18. The number of hydrogen-bond donors (Lipinski definition) is 0. The molecular weight excluding hydrogens is 805 g/mol. The molecule has 0 radical (unpaired) electrons. The van der Waals surface area contributed by atoms with Crippen molar-refractivity contribution in [1.29, 1.82) is 0 Å². The van der Waals surface area contributed by atoms with Gasteiger partial charge in [0.15, 0.2) is 6.10 Å². The van der Waals surface area contributed by atoms with Crippen LogP contribution in [-0.4, -0.2) is 37.2 Å². The minimum Gasteiger partial charge on any atom is -0.462 e. The van der Waals surface area contributed by atoms with Crippen LogP contribution in [0, 0.1) is 11.8 Å². The van der Waals surface area contributed by atoms with Crippen molar-refractivity contribution in [3.05, 3.63) is 0 Å². The van der Waals surface area contributed by atoms with Gasteiger partial charge in [0.2, 0.25) is 0 Å². The van der Waals surface area contributed by atoms with Crippen molar-refractivity contribution in [3.8, 4) is 0 Å². The molecule has 6 heteroatoms. The van der Waals surface area contributed by atoms with Crippen LogP contribution in [0.1, 0.15) is 330 Å². The maximum absolute atomic E-state index is 12.9. The van der Waals surface area contributed by atoms with E-state index in [4.69, 9.17) is 14.2 Å². The van der Waals surface area contributed by atoms with Gasteiger partial charge in [0.1, 0.15) is 13.2 Å². The maximum Gasteiger partial charge on any atom is 0.306 e. The molecule has 1 unspecified atom stereocenters. The lowest BCUT2D eigenvalue weighted by Crippen LogP contribution is -2.30. The minimum absolute atomic E-state index is 0.0631. The molecule has 0 spiro atoms. The van der Waals surface area contributed by atoms with E-state index in [2.05, 4.69) is 34.6 Å². The van der Waals surface area contributed by atoms with Gasteiger partial charge in [-0.15, -0.1) is 0 Å². The van der Waals surface area contributed by atoms with Gasteiger partial charge in [0, 0.05) is 19.3 Å². The number of esters is 3. The summed E-state index contributed by atoms with van der Waals surface area (Å²) in [5, 5.41) is 0. The van der Waals surface area contributed by atoms with E-state index >= 15 is 0 Å². The highest BCUT2D eigenvalue weighted by Crippen LogP contribution is 2.19. The van der Waals surface area contributed by atoms with Crippen molar-refractivity contribution in [2.45, 2.75) is 336 Å². The first-order valence-electron chi connectivity index (χ1n) is 29.3. The first-order chi connectivity index (χ1) is 31.8. The van der Waals surface area contributed by atoms with Gasteiger partial charge in [-0.1, -0.05) is 291 Å². The Morgan fingerprint density at radius 2 is 0.585 bits per heavy atom. The Labute approximate surface area is 406 Å². The van der Waals surface area contributed by atoms with Crippen LogP contribution >= 0.6 is 0 Å². The Morgan fingerprint density at radius 1 is 0.323 bits per heavy atom. The van der Waals surface area contributed by atoms with Crippen LogP contribution in [-0.2, 0) is 28.6 Å². The molecule has 65 heavy (non-hydrogen) atoms. The molecule has 0 rings (SSSR count). The summed E-state index contributed by atoms with van der Waals surface area (Å²) in [7, 11) is 0. The molecule has 0 aromatic carbocycles. The fourth-order valence-electron chi connectivity index (χ4n) is 9.02. The molecule has 0 aliphatic rings. The Kier molecular flexibility index (Phi) is 50.5. The summed E-state index contributed by atoms with van der Waals surface area (Å²) in [4.78, 5) is 38.1. The Bertz CT molecular complexity index is 995. The summed E-state index contributed by atoms with van der Waals surface area (Å²) >= 11 is 0. The molecule has 2 atom stereocenters. The van der Waals surface area contributed by atoms with Crippen molar-refractivity contribution in [2.24, 2.45) is 11.8 Å². The van der Waals surface area contributed by atoms with Crippen LogP contribution < -0.4 is 0 Å². The van der Waals surface area contributed by atoms with Gasteiger partial charge >= 0.3 is 17.9 Å². The predicted molar refractivity (Wildman–Crippen MR) is 280 cm³/mol. The molecular formula is C59H114O6. The van der Waals surface area contributed by atoms with E-state index in [-0.39, 0.29) is 31.1 Å². The van der Waals surface area contributed by atoms with Crippen LogP contribution in [0.25, 0.3) is 0 Å². The van der Waals surface area contributed by atoms with Crippen LogP contribution in [0.2, 0.25) is 0 Å². The normalized spacial score (nSPS) is 12.5. The first kappa shape index (κ1) is 63.4. The SMILES string of the molecule is CCCCCCCCCCCCCCCCCCCCC(=O)O[C@@H](COC(=O)CCCCCCCCCCCCCCCCC(C)CC)COC(=O)CCCCCCCCCCC(C)C. The summed E-state index contributed by atoms with van der Waals surface area (Å²) in [5.41, 5.74) is 0. The van der Waals surface area contributed by atoms with E-state index in [1.807, 2.05) is 0 Å². The molecule has 0 aromatic rings. The standard InChI is InChI=1S/C59H114O6/c1-6-8-9-10-11-12-13-14-15-16-17-18-23-26-29-36-41-46-51-59(62)65-56(53-64-58(61)50-45-40-35-31-30-32-37-42-47-54(3)4)52-63-57(60)49-44-39-34-28-25-22-20-19-21-24-27-33-38-43-48-55(5)7-2/h54-56H,6-53H2,1-5H3/t55?,56-/m0/s1. The highest BCUT2D eigenvalue weighted by Gasteiger charge is 2.19. The molecule has 386 valence electrons. The quantitative estimate of drug-likeness (QED) is 0.0344. The van der Waals surface area contributed by atoms with Crippen LogP contribution in [0.5, 0.6) is 0 Å². The average molecular weight is 920 g/mol. The summed E-state index contributed by atoms with van der Waals surface area (Å²) < 4.78 is 16.9. The fraction of sp³-hybridized carbons (Fsp3) is 0.949. The molecule has 0 amide bonds. The zero-order chi connectivity index (χ0) is 47.5. The molecule has 0 aliphatic carbocycles. The summed E-state index contributed by atoms with van der Waals surface area (Å²) in [5.74, 6) is 0.851. The van der Waals surface area contributed by atoms with Gasteiger partial charge in [-0.25, -0.2) is 0 Å². The monoisotopic (exact) mass is 919 g/mol. The van der Waals surface area contributed by atoms with E-state index in [0.717, 1.165) is 69.6 Å². The molecule has 0 bridgehead atoms. The molecule has 0 heterocycles. The topological polar surface area (TPSA) is 78.9 Å². The van der Waals surface area contributed by atoms with Crippen LogP contribution in [0.15, 0.2) is 0 Å². The largest absolute Gasteiger partial charge is 0.462 e. The highest BCUT2D eigenvalue weighted by atomic mass is 16.6. The van der Waals surface area contributed by atoms with Crippen LogP contribution in [0.3, 0.4) is 0 Å². The third kappa shape index (κ3) is 51.6. The van der Waals surface area contributed by atoms with Crippen molar-refractivity contribution >= 4 is 17.9 Å². The molecule has 0 N–H and O–H groups in total. The molecule has 6 nitrogen and oxygen atoms in total. The average Bonchev–Trinajstić information content (AvgIpc) is 3.29. The minimum atomic E-state index is -0.763. The number of ether oxygens (including phenoxy) is 3. The predicted octanol–water partition coefficient (Wildman–Crippen LogP) is 19.3. The smallest absolute Gasteiger partial charge is 0.306 e. The third-order valence-electron chi connectivity index (χ3n) is 13.8. The van der Waals surface area contributed by atoms with E-state index < -0.39 is 6.10 Å². The van der Waals surface area contributed by atoms with Gasteiger partial charge in [0.25, 0.3) is 0 Å². The second-order valence-corrected chi connectivity index (χ2v) is 21.0. The van der Waals surface area contributed by atoms with Gasteiger partial charge < -0.3 is 14.2 Å². The zero-order valence-corrected chi connectivity index (χ0v) is 44.6. The van der Waals surface area contributed by atoms with Crippen molar-refractivity contribution in [1.82, 2.24) is 0 Å². The second-order valence-electron chi connectivity index (χ2n) is 21.0. The summed E-state index contributed by atoms with van der Waals surface area (Å²) in [6.07, 6.45) is 55.2. The van der Waals surface area contributed by atoms with E-state index in [9.17, 15) is 14.4 Å². The van der Waals surface area contributed by atoms with Crippen LogP contribution in [0.4, 0.5) is 0 Å². The van der Waals surface area contributed by atoms with E-state index in [1.165, 1.54) is 218 Å². The summed E-state index contributed by atoms with van der Waals surface area (Å²) in [6, 6.07) is 0. The Hall–Kier alpha value is -1.59. The van der Waals surface area contributed by atoms with E-state index in [0.29, 0.717) is 19.3 Å². The number of carbonyl (C=O) groups is 3. The molecule has 0 fully saturated rings. The van der Waals surface area contributed by atoms with Gasteiger partial charge in [-0.2, -0.15) is 0 Å². The third-order valence-corrected chi connectivity index (χ3v) is 13.8. The molecule has 0 saturated carbocycles. The zero-order valence-electron chi connectivity index (χ0n) is 44.6. The molecule has 0 saturated heterocycles. The molecule has 0 aromatic heterocycles. The number of unbranched alkanes of at least 4 members (excludes halogenated alkanes) is 37. The number of hydrogen-bond acceptors (Lipinski definition) is 6. The van der Waals surface area contributed by atoms with Gasteiger partial charge in [0.05, 0.1) is 0 Å². The number of rotatable bonds is 53. The van der Waals surface area contributed by atoms with Gasteiger partial charge in [-0.05, 0) is 31.1 Å².